The number of aryl methyl sites for hydroxylation is 2. The normalized spacial score (nSPS) is 30.8. The molecule has 4 heteroatoms. The molecule has 2 aromatic carbocycles. The predicted molar refractivity (Wildman–Crippen MR) is 122 cm³/mol. The number of carbonyl (C=O) groups excluding carboxylic acids is 2. The zero-order valence-electron chi connectivity index (χ0n) is 19.2. The number of Topliss-reactive ketones (excluding diaryl/α,β-unsaturated/α-hetero) is 1. The lowest BCUT2D eigenvalue weighted by Gasteiger charge is -2.48. The lowest BCUT2D eigenvalue weighted by molar-refractivity contribution is -0.149. The van der Waals surface area contributed by atoms with Gasteiger partial charge in [-0.25, -0.2) is 0 Å². The van der Waals surface area contributed by atoms with Gasteiger partial charge in [-0.1, -0.05) is 43.3 Å². The molecule has 32 heavy (non-hydrogen) atoms. The van der Waals surface area contributed by atoms with Crippen LogP contribution >= 0.6 is 0 Å². The quantitative estimate of drug-likeness (QED) is 0.480. The van der Waals surface area contributed by atoms with Crippen LogP contribution in [0.15, 0.2) is 42.5 Å². The molecule has 5 atom stereocenters. The summed E-state index contributed by atoms with van der Waals surface area (Å²) in [4.78, 5) is 25.4. The van der Waals surface area contributed by atoms with Gasteiger partial charge in [0, 0.05) is 5.41 Å². The molecular formula is C28H32O4. The highest BCUT2D eigenvalue weighted by atomic mass is 16.5. The molecule has 168 valence electrons. The van der Waals surface area contributed by atoms with E-state index < -0.39 is 5.92 Å². The number of benzene rings is 2. The van der Waals surface area contributed by atoms with Crippen LogP contribution in [-0.4, -0.2) is 18.9 Å². The highest BCUT2D eigenvalue weighted by molar-refractivity contribution is 6.04. The van der Waals surface area contributed by atoms with Gasteiger partial charge in [0.2, 0.25) is 0 Å². The molecule has 0 heterocycles. The molecule has 0 spiro atoms. The molecule has 2 saturated carbocycles. The Morgan fingerprint density at radius 1 is 1.16 bits per heavy atom. The predicted octanol–water partition coefficient (Wildman–Crippen LogP) is 5.40. The van der Waals surface area contributed by atoms with Crippen molar-refractivity contribution in [2.75, 3.05) is 7.11 Å². The molecule has 0 bridgehead atoms. The van der Waals surface area contributed by atoms with Crippen LogP contribution in [0.3, 0.4) is 0 Å². The zero-order chi connectivity index (χ0) is 22.5. The third-order valence-corrected chi connectivity index (χ3v) is 8.50. The number of ether oxygens (including phenoxy) is 2. The van der Waals surface area contributed by atoms with Gasteiger partial charge in [-0.05, 0) is 85.1 Å². The van der Waals surface area contributed by atoms with E-state index in [4.69, 9.17) is 9.47 Å². The minimum absolute atomic E-state index is 0.111. The SMILES string of the molecule is COC(=O)[C@H]1CC2C3CCc4cc(OCc5ccccc5)c(C)cc4C3CC[C@]2(C)C1=O. The third-order valence-electron chi connectivity index (χ3n) is 8.50. The van der Waals surface area contributed by atoms with Gasteiger partial charge in [-0.3, -0.25) is 9.59 Å². The Morgan fingerprint density at radius 3 is 2.69 bits per heavy atom. The first kappa shape index (κ1) is 21.2. The Balaban J connectivity index is 1.39. The standard InChI is InChI=1S/C28H32O4/c1-17-13-22-19(14-25(17)32-16-18-7-5-4-6-8-18)9-10-21-20(22)11-12-28(2)24(21)15-23(26(28)29)27(30)31-3/h4-8,13-14,20-21,23-24H,9-12,15-16H2,1-3H3/t20?,21?,23-,24?,28-/m0/s1. The van der Waals surface area contributed by atoms with Crippen LogP contribution < -0.4 is 4.74 Å². The van der Waals surface area contributed by atoms with Gasteiger partial charge < -0.3 is 9.47 Å². The van der Waals surface area contributed by atoms with E-state index in [2.05, 4.69) is 38.1 Å². The molecule has 3 aliphatic rings. The summed E-state index contributed by atoms with van der Waals surface area (Å²) in [5, 5.41) is 0. The first-order chi connectivity index (χ1) is 15.4. The fourth-order valence-corrected chi connectivity index (χ4v) is 6.77. The van der Waals surface area contributed by atoms with E-state index in [1.165, 1.54) is 29.4 Å². The van der Waals surface area contributed by atoms with E-state index >= 15 is 0 Å². The Morgan fingerprint density at radius 2 is 1.94 bits per heavy atom. The lowest BCUT2D eigenvalue weighted by atomic mass is 9.55. The summed E-state index contributed by atoms with van der Waals surface area (Å²) in [5.74, 6) is 1.33. The summed E-state index contributed by atoms with van der Waals surface area (Å²) in [6.45, 7) is 4.80. The molecule has 0 radical (unpaired) electrons. The maximum absolute atomic E-state index is 13.2. The summed E-state index contributed by atoms with van der Waals surface area (Å²) in [5.41, 5.74) is 4.77. The molecule has 5 rings (SSSR count). The number of fused-ring (bicyclic) bond motifs is 5. The van der Waals surface area contributed by atoms with Crippen molar-refractivity contribution in [2.24, 2.45) is 23.2 Å². The zero-order valence-corrected chi connectivity index (χ0v) is 19.2. The number of carbonyl (C=O) groups is 2. The van der Waals surface area contributed by atoms with E-state index in [-0.39, 0.29) is 23.1 Å². The fraction of sp³-hybridized carbons (Fsp3) is 0.500. The first-order valence-corrected chi connectivity index (χ1v) is 11.8. The second kappa shape index (κ2) is 8.06. The van der Waals surface area contributed by atoms with Gasteiger partial charge in [0.05, 0.1) is 7.11 Å². The van der Waals surface area contributed by atoms with Gasteiger partial charge in [-0.15, -0.1) is 0 Å². The summed E-state index contributed by atoms with van der Waals surface area (Å²) >= 11 is 0. The topological polar surface area (TPSA) is 52.6 Å². The Kier molecular flexibility index (Phi) is 5.35. The van der Waals surface area contributed by atoms with Gasteiger partial charge in [-0.2, -0.15) is 0 Å². The van der Waals surface area contributed by atoms with Crippen molar-refractivity contribution in [1.29, 1.82) is 0 Å². The summed E-state index contributed by atoms with van der Waals surface area (Å²) in [7, 11) is 1.39. The molecule has 0 N–H and O–H groups in total. The second-order valence-electron chi connectivity index (χ2n) is 10.1. The number of rotatable bonds is 4. The fourth-order valence-electron chi connectivity index (χ4n) is 6.77. The number of ketones is 1. The van der Waals surface area contributed by atoms with Crippen LogP contribution in [0.5, 0.6) is 5.75 Å². The van der Waals surface area contributed by atoms with Crippen LogP contribution in [0.2, 0.25) is 0 Å². The molecule has 0 saturated heterocycles. The average molecular weight is 433 g/mol. The molecule has 2 aromatic rings. The van der Waals surface area contributed by atoms with Gasteiger partial charge in [0.15, 0.2) is 5.78 Å². The minimum atomic E-state index is -0.578. The highest BCUT2D eigenvalue weighted by Gasteiger charge is 2.59. The smallest absolute Gasteiger partial charge is 0.316 e. The van der Waals surface area contributed by atoms with Crippen LogP contribution in [0.4, 0.5) is 0 Å². The largest absolute Gasteiger partial charge is 0.489 e. The van der Waals surface area contributed by atoms with Gasteiger partial charge >= 0.3 is 5.97 Å². The van der Waals surface area contributed by atoms with E-state index in [0.717, 1.165) is 31.4 Å². The minimum Gasteiger partial charge on any atom is -0.489 e. The monoisotopic (exact) mass is 432 g/mol. The summed E-state index contributed by atoms with van der Waals surface area (Å²) in [6.07, 6.45) is 4.59. The average Bonchev–Trinajstić information content (AvgIpc) is 3.08. The molecular weight excluding hydrogens is 400 g/mol. The van der Waals surface area contributed by atoms with Crippen molar-refractivity contribution in [3.8, 4) is 5.75 Å². The van der Waals surface area contributed by atoms with Gasteiger partial charge in [0.25, 0.3) is 0 Å². The highest BCUT2D eigenvalue weighted by Crippen LogP contribution is 2.61. The van der Waals surface area contributed by atoms with Crippen molar-refractivity contribution in [2.45, 2.75) is 58.5 Å². The Labute approximate surface area is 190 Å². The molecule has 0 aliphatic heterocycles. The summed E-state index contributed by atoms with van der Waals surface area (Å²) in [6, 6.07) is 14.8. The van der Waals surface area contributed by atoms with Crippen molar-refractivity contribution < 1.29 is 19.1 Å². The van der Waals surface area contributed by atoms with E-state index in [9.17, 15) is 9.59 Å². The number of hydrogen-bond acceptors (Lipinski definition) is 4. The van der Waals surface area contributed by atoms with Crippen LogP contribution in [-0.2, 0) is 27.4 Å². The lowest BCUT2D eigenvalue weighted by Crippen LogP contribution is -2.43. The molecule has 4 nitrogen and oxygen atoms in total. The summed E-state index contributed by atoms with van der Waals surface area (Å²) < 4.78 is 11.1. The Hall–Kier alpha value is -2.62. The molecule has 2 fully saturated rings. The third kappa shape index (κ3) is 3.35. The first-order valence-electron chi connectivity index (χ1n) is 11.8. The maximum atomic E-state index is 13.2. The Bertz CT molecular complexity index is 1040. The van der Waals surface area contributed by atoms with Crippen molar-refractivity contribution in [3.63, 3.8) is 0 Å². The molecule has 3 unspecified atom stereocenters. The van der Waals surface area contributed by atoms with Gasteiger partial charge in [0.1, 0.15) is 18.3 Å². The molecule has 3 aliphatic carbocycles. The van der Waals surface area contributed by atoms with Crippen molar-refractivity contribution in [3.05, 3.63) is 64.7 Å². The number of hydrogen-bond donors (Lipinski definition) is 0. The van der Waals surface area contributed by atoms with E-state index in [0.29, 0.717) is 24.9 Å². The number of methoxy groups -OCH3 is 1. The van der Waals surface area contributed by atoms with E-state index in [1.807, 2.05) is 18.2 Å². The van der Waals surface area contributed by atoms with Crippen LogP contribution in [0, 0.1) is 30.1 Å². The van der Waals surface area contributed by atoms with E-state index in [1.54, 1.807) is 0 Å². The van der Waals surface area contributed by atoms with Crippen LogP contribution in [0.1, 0.15) is 60.8 Å². The van der Waals surface area contributed by atoms with Crippen LogP contribution in [0.25, 0.3) is 0 Å². The van der Waals surface area contributed by atoms with Crippen molar-refractivity contribution >= 4 is 11.8 Å². The maximum Gasteiger partial charge on any atom is 0.316 e. The van der Waals surface area contributed by atoms with Crippen molar-refractivity contribution in [1.82, 2.24) is 0 Å². The molecule has 0 aromatic heterocycles. The second-order valence-corrected chi connectivity index (χ2v) is 10.1. The number of esters is 1. The molecule has 0 amide bonds.